The molecule has 0 amide bonds. The van der Waals surface area contributed by atoms with Crippen molar-refractivity contribution in [1.29, 1.82) is 0 Å². The van der Waals surface area contributed by atoms with Crippen molar-refractivity contribution in [2.45, 2.75) is 0 Å². The molecule has 0 atom stereocenters. The molecule has 2 nitrogen and oxygen atoms in total. The smallest absolute Gasteiger partial charge is 0.340 e. The van der Waals surface area contributed by atoms with Crippen molar-refractivity contribution in [3.05, 3.63) is 24.3 Å². The van der Waals surface area contributed by atoms with Crippen LogP contribution in [0.3, 0.4) is 0 Å². The second kappa shape index (κ2) is 3.20. The Hall–Kier alpha value is -0.890. The van der Waals surface area contributed by atoms with E-state index in [1.54, 1.807) is 0 Å². The Labute approximate surface area is 58.7 Å². The van der Waals surface area contributed by atoms with Gasteiger partial charge in [0.1, 0.15) is 0 Å². The Morgan fingerprint density at radius 3 is 1.89 bits per heavy atom. The van der Waals surface area contributed by atoms with Crippen molar-refractivity contribution >= 4 is 11.6 Å². The lowest BCUT2D eigenvalue weighted by Gasteiger charge is -1.83. The predicted molar refractivity (Wildman–Crippen MR) is 30.2 cm³/mol. The summed E-state index contributed by atoms with van der Waals surface area (Å²) in [6, 6.07) is 0. The summed E-state index contributed by atoms with van der Waals surface area (Å²) in [6.07, 6.45) is 5.36. The Balaban J connectivity index is 0.000000640. The lowest BCUT2D eigenvalue weighted by molar-refractivity contribution is -0.110. The van der Waals surface area contributed by atoms with Gasteiger partial charge in [0.05, 0.1) is 0 Å². The van der Waals surface area contributed by atoms with E-state index >= 15 is 0 Å². The molecule has 0 radical (unpaired) electrons. The molecule has 1 aliphatic rings. The van der Waals surface area contributed by atoms with Crippen molar-refractivity contribution < 1.29 is 22.0 Å². The molecule has 0 aromatic carbocycles. The van der Waals surface area contributed by atoms with Crippen LogP contribution in [0.1, 0.15) is 0 Å². The minimum atomic E-state index is -0.0807. The summed E-state index contributed by atoms with van der Waals surface area (Å²) < 4.78 is 0. The second-order valence-electron chi connectivity index (χ2n) is 1.49. The zero-order valence-corrected chi connectivity index (χ0v) is 5.30. The molecule has 0 aliphatic heterocycles. The monoisotopic (exact) mass is 144 g/mol. The van der Waals surface area contributed by atoms with E-state index in [9.17, 15) is 4.79 Å². The SMILES string of the molecule is O=C1C=CC(=[OH+])C=C1.[Cl-]. The maximum absolute atomic E-state index is 10.3. The Bertz CT molecular complexity index is 153. The van der Waals surface area contributed by atoms with Gasteiger partial charge in [-0.1, -0.05) is 0 Å². The summed E-state index contributed by atoms with van der Waals surface area (Å²) in [5, 5.41) is 0. The lowest BCUT2D eigenvalue weighted by Crippen LogP contribution is -3.00. The number of halogens is 1. The molecule has 1 rings (SSSR count). The van der Waals surface area contributed by atoms with E-state index in [2.05, 4.69) is 0 Å². The number of ketones is 2. The van der Waals surface area contributed by atoms with Crippen LogP contribution in [0.4, 0.5) is 0 Å². The molecule has 0 bridgehead atoms. The minimum Gasteiger partial charge on any atom is -1.00 e. The Kier molecular flexibility index (Phi) is 2.88. The summed E-state index contributed by atoms with van der Waals surface area (Å²) in [5.74, 6) is 0.0485. The van der Waals surface area contributed by atoms with E-state index in [1.165, 1.54) is 24.3 Å². The number of hydrogen-bond donors (Lipinski definition) is 0. The second-order valence-corrected chi connectivity index (χ2v) is 1.49. The molecule has 0 spiro atoms. The number of carbonyl (C=O) groups is 1. The topological polar surface area (TPSA) is 38.5 Å². The number of rotatable bonds is 0. The van der Waals surface area contributed by atoms with Gasteiger partial charge in [0.15, 0.2) is 5.78 Å². The molecule has 48 valence electrons. The first-order valence-corrected chi connectivity index (χ1v) is 2.25. The van der Waals surface area contributed by atoms with Gasteiger partial charge >= 0.3 is 5.78 Å². The van der Waals surface area contributed by atoms with Crippen LogP contribution in [0.15, 0.2) is 24.3 Å². The molecule has 0 heterocycles. The maximum atomic E-state index is 10.3. The van der Waals surface area contributed by atoms with Gasteiger partial charge in [-0.3, -0.25) is 9.59 Å². The zero-order chi connectivity index (χ0) is 5.98. The molecule has 3 heteroatoms. The van der Waals surface area contributed by atoms with Gasteiger partial charge in [-0.15, -0.1) is 0 Å². The van der Waals surface area contributed by atoms with Gasteiger partial charge in [-0.2, -0.15) is 0 Å². The molecular weight excluding hydrogens is 140 g/mol. The highest BCUT2D eigenvalue weighted by molar-refractivity contribution is 6.14. The average Bonchev–Trinajstić information content (AvgIpc) is 1.77. The third-order valence-electron chi connectivity index (χ3n) is 0.837. The lowest BCUT2D eigenvalue weighted by atomic mass is 10.2. The molecule has 0 unspecified atom stereocenters. The average molecular weight is 145 g/mol. The zero-order valence-electron chi connectivity index (χ0n) is 4.54. The number of hydrogen-bond acceptors (Lipinski definition) is 1. The van der Waals surface area contributed by atoms with Gasteiger partial charge in [0.2, 0.25) is 0 Å². The fourth-order valence-electron chi connectivity index (χ4n) is 0.446. The van der Waals surface area contributed by atoms with E-state index in [4.69, 9.17) is 4.79 Å². The van der Waals surface area contributed by atoms with Crippen LogP contribution in [0, 0.1) is 0 Å². The summed E-state index contributed by atoms with van der Waals surface area (Å²) in [5.41, 5.74) is 0. The van der Waals surface area contributed by atoms with Crippen molar-refractivity contribution in [1.82, 2.24) is 0 Å². The first-order valence-electron chi connectivity index (χ1n) is 2.25. The first kappa shape index (κ1) is 8.11. The Morgan fingerprint density at radius 1 is 1.11 bits per heavy atom. The van der Waals surface area contributed by atoms with Crippen LogP contribution in [-0.4, -0.2) is 16.4 Å². The fourth-order valence-corrected chi connectivity index (χ4v) is 0.446. The molecule has 1 N–H and O–H groups in total. The quantitative estimate of drug-likeness (QED) is 0.268. The fraction of sp³-hybridized carbons (Fsp3) is 0. The van der Waals surface area contributed by atoms with Crippen LogP contribution in [0.2, 0.25) is 0 Å². The van der Waals surface area contributed by atoms with Gasteiger partial charge in [0.25, 0.3) is 0 Å². The van der Waals surface area contributed by atoms with Gasteiger partial charge in [-0.25, -0.2) is 0 Å². The predicted octanol–water partition coefficient (Wildman–Crippen LogP) is -2.77. The third-order valence-corrected chi connectivity index (χ3v) is 0.837. The largest absolute Gasteiger partial charge is 1.00 e. The van der Waals surface area contributed by atoms with E-state index in [1.807, 2.05) is 0 Å². The van der Waals surface area contributed by atoms with E-state index in [-0.39, 0.29) is 24.0 Å². The van der Waals surface area contributed by atoms with Crippen LogP contribution < -0.4 is 12.4 Å². The van der Waals surface area contributed by atoms with Crippen LogP contribution in [0.5, 0.6) is 0 Å². The number of carbonyl (C=O) groups excluding carboxylic acids is 2. The van der Waals surface area contributed by atoms with E-state index in [0.29, 0.717) is 0 Å². The maximum Gasteiger partial charge on any atom is 0.340 e. The highest BCUT2D eigenvalue weighted by Gasteiger charge is 2.03. The van der Waals surface area contributed by atoms with Crippen LogP contribution in [-0.2, 0) is 4.79 Å². The summed E-state index contributed by atoms with van der Waals surface area (Å²) >= 11 is 0. The van der Waals surface area contributed by atoms with Gasteiger partial charge in [-0.05, 0) is 12.2 Å². The van der Waals surface area contributed by atoms with Gasteiger partial charge < -0.3 is 12.4 Å². The number of allylic oxidation sites excluding steroid dienone is 4. The summed E-state index contributed by atoms with van der Waals surface area (Å²) in [4.78, 5) is 18.9. The molecule has 1 aliphatic carbocycles. The molecule has 9 heavy (non-hydrogen) atoms. The highest BCUT2D eigenvalue weighted by atomic mass is 35.5. The van der Waals surface area contributed by atoms with Crippen molar-refractivity contribution in [2.24, 2.45) is 0 Å². The molecular formula is C6H5ClO2. The highest BCUT2D eigenvalue weighted by Crippen LogP contribution is 1.90. The normalized spacial score (nSPS) is 15.6. The standard InChI is InChI=1S/C6H4O2.ClH/c7-5-1-2-6(8)4-3-5;/h1-4H;1H. The third kappa shape index (κ3) is 2.24. The van der Waals surface area contributed by atoms with Crippen molar-refractivity contribution in [2.75, 3.05) is 0 Å². The summed E-state index contributed by atoms with van der Waals surface area (Å²) in [7, 11) is 0. The van der Waals surface area contributed by atoms with E-state index in [0.717, 1.165) is 0 Å². The molecule has 0 saturated heterocycles. The minimum absolute atomic E-state index is 0. The van der Waals surface area contributed by atoms with Gasteiger partial charge in [0, 0.05) is 12.2 Å². The molecule has 0 aromatic heterocycles. The summed E-state index contributed by atoms with van der Waals surface area (Å²) in [6.45, 7) is 0. The van der Waals surface area contributed by atoms with Crippen molar-refractivity contribution in [3.8, 4) is 0 Å². The van der Waals surface area contributed by atoms with Crippen molar-refractivity contribution in [3.63, 3.8) is 0 Å². The molecule has 0 saturated carbocycles. The van der Waals surface area contributed by atoms with Crippen LogP contribution >= 0.6 is 0 Å². The first-order chi connectivity index (χ1) is 3.79. The molecule has 0 fully saturated rings. The Morgan fingerprint density at radius 2 is 1.56 bits per heavy atom. The molecule has 0 aromatic rings. The van der Waals surface area contributed by atoms with Crippen LogP contribution in [0.25, 0.3) is 0 Å². The van der Waals surface area contributed by atoms with E-state index < -0.39 is 0 Å².